The Morgan fingerprint density at radius 3 is 1.20 bits per heavy atom. The highest BCUT2D eigenvalue weighted by Crippen LogP contribution is 2.89. The molecule has 0 radical (unpaired) electrons. The summed E-state index contributed by atoms with van der Waals surface area (Å²) in [4.78, 5) is 0. The first-order valence-electron chi connectivity index (χ1n) is 7.25. The maximum Gasteiger partial charge on any atom is 0.147 e. The second-order valence-corrected chi connectivity index (χ2v) is 7.15. The van der Waals surface area contributed by atoms with Crippen LogP contribution in [-0.2, 0) is 9.47 Å². The predicted octanol–water partition coefficient (Wildman–Crippen LogP) is 1.75. The van der Waals surface area contributed by atoms with E-state index in [1.54, 1.807) is 0 Å². The smallest absolute Gasteiger partial charge is 0.147 e. The van der Waals surface area contributed by atoms with E-state index >= 15 is 0 Å². The van der Waals surface area contributed by atoms with Crippen LogP contribution in [0.25, 0.3) is 0 Å². The molecule has 4 unspecified atom stereocenters. The van der Waals surface area contributed by atoms with E-state index in [1.165, 1.54) is 0 Å². The van der Waals surface area contributed by atoms with Gasteiger partial charge in [-0.2, -0.15) is 10.5 Å². The van der Waals surface area contributed by atoms with Gasteiger partial charge in [-0.25, -0.2) is 0 Å². The Labute approximate surface area is 116 Å². The van der Waals surface area contributed by atoms with E-state index in [9.17, 15) is 10.5 Å². The lowest BCUT2D eigenvalue weighted by atomic mass is 9.46. The third-order valence-corrected chi connectivity index (χ3v) is 7.14. The third kappa shape index (κ3) is 0.485. The van der Waals surface area contributed by atoms with Gasteiger partial charge in [0.25, 0.3) is 0 Å². The number of nitrogens with zero attached hydrogens (tertiary/aromatic N) is 2. The quantitative estimate of drug-likeness (QED) is 0.625. The summed E-state index contributed by atoms with van der Waals surface area (Å²) < 4.78 is 13.0. The second-order valence-electron chi connectivity index (χ2n) is 7.15. The largest absolute Gasteiger partial charge is 0.357 e. The Hall–Kier alpha value is -1.62. The zero-order chi connectivity index (χ0) is 13.5. The maximum absolute atomic E-state index is 10.2. The molecule has 2 saturated heterocycles. The topological polar surface area (TPSA) is 66.0 Å². The van der Waals surface area contributed by atoms with Crippen LogP contribution in [0.2, 0.25) is 0 Å². The molecule has 0 N–H and O–H groups in total. The number of hydrogen-bond donors (Lipinski definition) is 0. The maximum atomic E-state index is 10.2. The van der Waals surface area contributed by atoms with Crippen molar-refractivity contribution in [3.05, 3.63) is 24.3 Å². The highest BCUT2D eigenvalue weighted by atomic mass is 16.6. The van der Waals surface area contributed by atoms with Gasteiger partial charge < -0.3 is 9.47 Å². The monoisotopic (exact) mass is 264 g/mol. The highest BCUT2D eigenvalue weighted by molar-refractivity contribution is 5.63. The number of nitriles is 2. The molecule has 4 spiro atoms. The minimum atomic E-state index is -0.873. The molecule has 0 amide bonds. The molecular weight excluding hydrogens is 252 g/mol. The predicted molar refractivity (Wildman–Crippen MR) is 65.9 cm³/mol. The average molecular weight is 264 g/mol. The Morgan fingerprint density at radius 1 is 0.650 bits per heavy atom. The summed E-state index contributed by atoms with van der Waals surface area (Å²) in [6.45, 7) is 0. The normalized spacial score (nSPS) is 68.5. The van der Waals surface area contributed by atoms with E-state index in [0.29, 0.717) is 0 Å². The van der Waals surface area contributed by atoms with E-state index in [1.807, 2.05) is 0 Å². The van der Waals surface area contributed by atoms with Crippen molar-refractivity contribution in [2.75, 3.05) is 0 Å². The van der Waals surface area contributed by atoms with Gasteiger partial charge in [0, 0.05) is 0 Å². The molecule has 0 aromatic heterocycles. The molecular formula is C16H12N2O2. The first-order valence-corrected chi connectivity index (χ1v) is 7.25. The van der Waals surface area contributed by atoms with Gasteiger partial charge in [-0.3, -0.25) is 0 Å². The average Bonchev–Trinajstić information content (AvgIpc) is 3.22. The Balaban J connectivity index is 1.90. The van der Waals surface area contributed by atoms with Crippen LogP contribution >= 0.6 is 0 Å². The van der Waals surface area contributed by atoms with Crippen molar-refractivity contribution in [3.8, 4) is 12.1 Å². The van der Waals surface area contributed by atoms with Crippen LogP contribution in [-0.4, -0.2) is 22.4 Å². The molecule has 4 nitrogen and oxygen atoms in total. The first kappa shape index (κ1) is 10.2. The van der Waals surface area contributed by atoms with Crippen LogP contribution in [0, 0.1) is 33.5 Å². The van der Waals surface area contributed by atoms with Crippen molar-refractivity contribution in [2.24, 2.45) is 10.8 Å². The first-order chi connectivity index (χ1) is 9.61. The lowest BCUT2D eigenvalue weighted by molar-refractivity contribution is -0.0903. The minimum Gasteiger partial charge on any atom is -0.357 e. The molecule has 4 aliphatic heterocycles. The molecule has 2 aliphatic carbocycles. The second kappa shape index (κ2) is 2.17. The fraction of sp³-hybridized carbons (Fsp3) is 0.625. The molecule has 20 heavy (non-hydrogen) atoms. The van der Waals surface area contributed by atoms with Crippen molar-refractivity contribution in [1.29, 1.82) is 10.5 Å². The Kier molecular flexibility index (Phi) is 1.10. The molecule has 0 aromatic rings. The van der Waals surface area contributed by atoms with Gasteiger partial charge in [0.05, 0.1) is 12.1 Å². The summed E-state index contributed by atoms with van der Waals surface area (Å²) >= 11 is 0. The van der Waals surface area contributed by atoms with Gasteiger partial charge in [0.2, 0.25) is 0 Å². The summed E-state index contributed by atoms with van der Waals surface area (Å²) in [5.41, 5.74) is -4.23. The summed E-state index contributed by atoms with van der Waals surface area (Å²) in [5, 5.41) is 20.3. The van der Waals surface area contributed by atoms with Crippen molar-refractivity contribution < 1.29 is 9.47 Å². The molecule has 2 saturated carbocycles. The number of rotatable bonds is 0. The van der Waals surface area contributed by atoms with E-state index in [-0.39, 0.29) is 0 Å². The van der Waals surface area contributed by atoms with Gasteiger partial charge >= 0.3 is 0 Å². The SMILES string of the molecule is N#CC12C34C=CC5(CCC6(C=CC1(CC3)O6)C52C#N)O4. The van der Waals surface area contributed by atoms with Gasteiger partial charge in [-0.05, 0) is 25.7 Å². The van der Waals surface area contributed by atoms with Crippen molar-refractivity contribution >= 4 is 0 Å². The van der Waals surface area contributed by atoms with E-state index in [2.05, 4.69) is 36.4 Å². The van der Waals surface area contributed by atoms with Crippen LogP contribution in [0.1, 0.15) is 25.7 Å². The van der Waals surface area contributed by atoms with Crippen molar-refractivity contribution in [1.82, 2.24) is 0 Å². The van der Waals surface area contributed by atoms with Crippen LogP contribution in [0.5, 0.6) is 0 Å². The molecule has 4 fully saturated rings. The summed E-state index contributed by atoms with van der Waals surface area (Å²) in [7, 11) is 0. The van der Waals surface area contributed by atoms with E-state index in [4.69, 9.17) is 9.47 Å². The fourth-order valence-electron chi connectivity index (χ4n) is 6.69. The van der Waals surface area contributed by atoms with Crippen LogP contribution in [0.15, 0.2) is 24.3 Å². The molecule has 6 rings (SSSR count). The number of hydrogen-bond acceptors (Lipinski definition) is 4. The molecule has 4 heterocycles. The molecule has 6 aliphatic rings. The van der Waals surface area contributed by atoms with Crippen molar-refractivity contribution in [2.45, 2.75) is 48.1 Å². The molecule has 4 heteroatoms. The Bertz CT molecular complexity index is 651. The number of ether oxygens (including phenoxy) is 2. The van der Waals surface area contributed by atoms with Gasteiger partial charge in [0.1, 0.15) is 33.2 Å². The molecule has 0 aromatic carbocycles. The minimum absolute atomic E-state index is 0.621. The highest BCUT2D eigenvalue weighted by Gasteiger charge is 3.00. The molecule has 98 valence electrons. The van der Waals surface area contributed by atoms with Gasteiger partial charge in [-0.15, -0.1) is 0 Å². The third-order valence-electron chi connectivity index (χ3n) is 7.14. The molecule has 4 atom stereocenters. The van der Waals surface area contributed by atoms with E-state index < -0.39 is 33.2 Å². The standard InChI is InChI=1S/C16H12N2O2/c17-9-15-11-1-2-12(15)7-8-14(20-12)4-3-13(19-11,6-5-11)16(14,15)10-18/h5-8H,1-4H2. The summed E-state index contributed by atoms with van der Waals surface area (Å²) in [6, 6.07) is 5.11. The lowest BCUT2D eigenvalue weighted by Crippen LogP contribution is -2.61. The zero-order valence-corrected chi connectivity index (χ0v) is 10.8. The van der Waals surface area contributed by atoms with Gasteiger partial charge in [0.15, 0.2) is 0 Å². The lowest BCUT2D eigenvalue weighted by Gasteiger charge is -2.46. The Morgan fingerprint density at radius 2 is 0.950 bits per heavy atom. The fourth-order valence-corrected chi connectivity index (χ4v) is 6.69. The summed E-state index contributed by atoms with van der Waals surface area (Å²) in [6.07, 6.45) is 11.3. The van der Waals surface area contributed by atoms with Crippen LogP contribution in [0.4, 0.5) is 0 Å². The van der Waals surface area contributed by atoms with Crippen LogP contribution < -0.4 is 0 Å². The summed E-state index contributed by atoms with van der Waals surface area (Å²) in [5.74, 6) is 0. The van der Waals surface area contributed by atoms with Crippen molar-refractivity contribution in [3.63, 3.8) is 0 Å². The molecule has 4 bridgehead atoms. The van der Waals surface area contributed by atoms with E-state index in [0.717, 1.165) is 25.7 Å². The zero-order valence-electron chi connectivity index (χ0n) is 10.8. The van der Waals surface area contributed by atoms with Gasteiger partial charge in [-0.1, -0.05) is 24.3 Å². The van der Waals surface area contributed by atoms with Crippen LogP contribution in [0.3, 0.4) is 0 Å².